The number of para-hydroxylation sites is 2. The molecule has 0 aliphatic carbocycles. The van der Waals surface area contributed by atoms with Gasteiger partial charge in [-0.15, -0.1) is 12.4 Å². The summed E-state index contributed by atoms with van der Waals surface area (Å²) in [6.07, 6.45) is 1.50. The van der Waals surface area contributed by atoms with Crippen LogP contribution in [0.5, 0.6) is 0 Å². The van der Waals surface area contributed by atoms with Crippen LogP contribution in [0.2, 0.25) is 0 Å². The van der Waals surface area contributed by atoms with Gasteiger partial charge in [0.15, 0.2) is 0 Å². The third kappa shape index (κ3) is 4.26. The van der Waals surface area contributed by atoms with Gasteiger partial charge in [0.2, 0.25) is 5.62 Å². The van der Waals surface area contributed by atoms with E-state index in [-0.39, 0.29) is 36.9 Å². The lowest BCUT2D eigenvalue weighted by Crippen LogP contribution is -2.26. The number of imidazole rings is 1. The largest absolute Gasteiger partial charge is 0.465 e. The Morgan fingerprint density at radius 3 is 2.46 bits per heavy atom. The molecule has 146 valence electrons. The first-order valence-electron chi connectivity index (χ1n) is 8.20. The molecular formula is C18H18ClN5O4. The Morgan fingerprint density at radius 1 is 1.21 bits per heavy atom. The number of halogens is 1. The topological polar surface area (TPSA) is 116 Å². The van der Waals surface area contributed by atoms with Crippen LogP contribution in [0.15, 0.2) is 53.6 Å². The number of non-ortho nitro benzene ring substituents is 1. The lowest BCUT2D eigenvalue weighted by atomic mass is 10.2. The number of carbonyl (C=O) groups excluding carboxylic acids is 1. The molecule has 0 saturated heterocycles. The smallest absolute Gasteiger partial charge is 0.326 e. The van der Waals surface area contributed by atoms with Crippen LogP contribution in [-0.2, 0) is 16.1 Å². The van der Waals surface area contributed by atoms with Gasteiger partial charge in [0, 0.05) is 12.1 Å². The van der Waals surface area contributed by atoms with E-state index in [1.165, 1.54) is 27.6 Å². The predicted molar refractivity (Wildman–Crippen MR) is 106 cm³/mol. The van der Waals surface area contributed by atoms with Gasteiger partial charge in [-0.25, -0.2) is 0 Å². The average Bonchev–Trinajstić information content (AvgIpc) is 2.92. The quantitative estimate of drug-likeness (QED) is 0.295. The maximum absolute atomic E-state index is 11.9. The molecule has 0 spiro atoms. The Labute approximate surface area is 165 Å². The number of nitro groups is 1. The van der Waals surface area contributed by atoms with Gasteiger partial charge in [-0.3, -0.25) is 24.9 Å². The van der Waals surface area contributed by atoms with E-state index in [0.717, 1.165) is 0 Å². The second-order valence-electron chi connectivity index (χ2n) is 5.61. The molecule has 0 radical (unpaired) electrons. The van der Waals surface area contributed by atoms with Crippen molar-refractivity contribution in [1.82, 2.24) is 9.24 Å². The number of hydrogen-bond acceptors (Lipinski definition) is 6. The first-order chi connectivity index (χ1) is 13.0. The number of rotatable bonds is 6. The standard InChI is InChI=1S/C18H17N5O4.ClH/c1-2-27-17(24)12-21-15-5-3-4-6-16(15)22(18(21)19)20-11-13-7-9-14(10-8-13)23(25)26;/h3-11,19H,2,12H2,1H3;1H/b19-18?,20-11+;. The molecule has 1 N–H and O–H groups in total. The number of fused-ring (bicyclic) bond motifs is 1. The van der Waals surface area contributed by atoms with E-state index in [0.29, 0.717) is 16.6 Å². The zero-order valence-corrected chi connectivity index (χ0v) is 15.8. The second kappa shape index (κ2) is 8.96. The van der Waals surface area contributed by atoms with Gasteiger partial charge < -0.3 is 4.74 Å². The average molecular weight is 404 g/mol. The zero-order valence-electron chi connectivity index (χ0n) is 14.9. The van der Waals surface area contributed by atoms with Crippen molar-refractivity contribution >= 4 is 41.3 Å². The number of esters is 1. The number of hydrogen-bond donors (Lipinski definition) is 1. The number of carbonyl (C=O) groups is 1. The maximum Gasteiger partial charge on any atom is 0.326 e. The van der Waals surface area contributed by atoms with E-state index < -0.39 is 10.9 Å². The van der Waals surface area contributed by atoms with Crippen LogP contribution in [0.25, 0.3) is 11.0 Å². The highest BCUT2D eigenvalue weighted by atomic mass is 35.5. The van der Waals surface area contributed by atoms with Gasteiger partial charge in [-0.2, -0.15) is 9.78 Å². The summed E-state index contributed by atoms with van der Waals surface area (Å²) in [6, 6.07) is 13.1. The summed E-state index contributed by atoms with van der Waals surface area (Å²) >= 11 is 0. The number of nitro benzene ring substituents is 1. The minimum Gasteiger partial charge on any atom is -0.465 e. The fourth-order valence-corrected chi connectivity index (χ4v) is 2.63. The molecular weight excluding hydrogens is 386 g/mol. The number of nitrogens with one attached hydrogen (secondary N) is 1. The zero-order chi connectivity index (χ0) is 19.4. The normalized spacial score (nSPS) is 10.8. The van der Waals surface area contributed by atoms with E-state index in [9.17, 15) is 14.9 Å². The minimum absolute atomic E-state index is 0. The van der Waals surface area contributed by atoms with Gasteiger partial charge in [-0.05, 0) is 36.8 Å². The van der Waals surface area contributed by atoms with Crippen LogP contribution >= 0.6 is 12.4 Å². The molecule has 0 aliphatic heterocycles. The summed E-state index contributed by atoms with van der Waals surface area (Å²) in [4.78, 5) is 22.1. The fourth-order valence-electron chi connectivity index (χ4n) is 2.63. The highest BCUT2D eigenvalue weighted by Crippen LogP contribution is 2.14. The van der Waals surface area contributed by atoms with Crippen LogP contribution in [0, 0.1) is 15.5 Å². The molecule has 10 heteroatoms. The van der Waals surface area contributed by atoms with Crippen molar-refractivity contribution in [3.8, 4) is 0 Å². The number of ether oxygens (including phenoxy) is 1. The highest BCUT2D eigenvalue weighted by Gasteiger charge is 2.13. The Bertz CT molecular complexity index is 1090. The third-order valence-electron chi connectivity index (χ3n) is 3.88. The summed E-state index contributed by atoms with van der Waals surface area (Å²) in [7, 11) is 0. The molecule has 3 aromatic rings. The molecule has 0 unspecified atom stereocenters. The van der Waals surface area contributed by atoms with E-state index in [2.05, 4.69) is 5.10 Å². The Morgan fingerprint density at radius 2 is 1.86 bits per heavy atom. The predicted octanol–water partition coefficient (Wildman–Crippen LogP) is 2.70. The second-order valence-corrected chi connectivity index (χ2v) is 5.61. The molecule has 0 amide bonds. The molecule has 0 aliphatic rings. The van der Waals surface area contributed by atoms with Crippen molar-refractivity contribution in [3.63, 3.8) is 0 Å². The molecule has 1 heterocycles. The van der Waals surface area contributed by atoms with Crippen molar-refractivity contribution in [1.29, 1.82) is 5.41 Å². The van der Waals surface area contributed by atoms with Crippen molar-refractivity contribution < 1.29 is 14.5 Å². The summed E-state index contributed by atoms with van der Waals surface area (Å²) in [5, 5.41) is 23.4. The molecule has 0 bridgehead atoms. The monoisotopic (exact) mass is 403 g/mol. The van der Waals surface area contributed by atoms with Gasteiger partial charge >= 0.3 is 5.97 Å². The van der Waals surface area contributed by atoms with Crippen LogP contribution in [0.1, 0.15) is 12.5 Å². The number of benzene rings is 2. The fraction of sp³-hybridized carbons (Fsp3) is 0.167. The lowest BCUT2D eigenvalue weighted by molar-refractivity contribution is -0.384. The SMILES string of the molecule is CCOC(=O)Cn1c(=N)n(/N=C/c2ccc([N+](=O)[O-])cc2)c2ccccc21.Cl. The summed E-state index contributed by atoms with van der Waals surface area (Å²) in [5.41, 5.74) is 1.99. The molecule has 2 aromatic carbocycles. The summed E-state index contributed by atoms with van der Waals surface area (Å²) < 4.78 is 7.89. The lowest BCUT2D eigenvalue weighted by Gasteiger charge is -2.03. The summed E-state index contributed by atoms with van der Waals surface area (Å²) in [6.45, 7) is 1.90. The molecule has 28 heavy (non-hydrogen) atoms. The molecule has 3 rings (SSSR count). The maximum atomic E-state index is 11.9. The number of aromatic nitrogens is 2. The molecule has 0 fully saturated rings. The first kappa shape index (κ1) is 20.8. The molecule has 0 atom stereocenters. The Hall–Kier alpha value is -3.46. The van der Waals surface area contributed by atoms with E-state index in [1.54, 1.807) is 31.2 Å². The van der Waals surface area contributed by atoms with Crippen LogP contribution in [-0.4, -0.2) is 33.0 Å². The molecule has 1 aromatic heterocycles. The third-order valence-corrected chi connectivity index (χ3v) is 3.88. The van der Waals surface area contributed by atoms with Crippen molar-refractivity contribution in [3.05, 3.63) is 69.8 Å². The van der Waals surface area contributed by atoms with Gasteiger partial charge in [0.1, 0.15) is 6.54 Å². The van der Waals surface area contributed by atoms with Gasteiger partial charge in [-0.1, -0.05) is 12.1 Å². The van der Waals surface area contributed by atoms with Gasteiger partial charge in [0.05, 0.1) is 28.8 Å². The first-order valence-corrected chi connectivity index (χ1v) is 8.20. The number of nitrogens with zero attached hydrogens (tertiary/aromatic N) is 4. The summed E-state index contributed by atoms with van der Waals surface area (Å²) in [5.74, 6) is -0.432. The van der Waals surface area contributed by atoms with Crippen LogP contribution in [0.4, 0.5) is 5.69 Å². The Kier molecular flexibility index (Phi) is 6.67. The van der Waals surface area contributed by atoms with Crippen molar-refractivity contribution in [2.24, 2.45) is 5.10 Å². The van der Waals surface area contributed by atoms with E-state index >= 15 is 0 Å². The van der Waals surface area contributed by atoms with Crippen LogP contribution < -0.4 is 5.62 Å². The highest BCUT2D eigenvalue weighted by molar-refractivity contribution is 5.85. The molecule has 9 nitrogen and oxygen atoms in total. The van der Waals surface area contributed by atoms with Crippen molar-refractivity contribution in [2.45, 2.75) is 13.5 Å². The Balaban J connectivity index is 0.00000280. The minimum atomic E-state index is -0.472. The van der Waals surface area contributed by atoms with Gasteiger partial charge in [0.25, 0.3) is 5.69 Å². The molecule has 0 saturated carbocycles. The van der Waals surface area contributed by atoms with Crippen LogP contribution in [0.3, 0.4) is 0 Å². The van der Waals surface area contributed by atoms with Crippen molar-refractivity contribution in [2.75, 3.05) is 6.61 Å². The van der Waals surface area contributed by atoms with E-state index in [1.807, 2.05) is 12.1 Å². The van der Waals surface area contributed by atoms with E-state index in [4.69, 9.17) is 10.1 Å².